The number of hydrogen-bond acceptors (Lipinski definition) is 1. The summed E-state index contributed by atoms with van der Waals surface area (Å²) in [6, 6.07) is 5.86. The van der Waals surface area contributed by atoms with Gasteiger partial charge in [-0.2, -0.15) is 5.10 Å². The van der Waals surface area contributed by atoms with Crippen molar-refractivity contribution in [2.45, 2.75) is 18.8 Å². The minimum Gasteiger partial charge on any atom is -0.278 e. The number of fused-ring (bicyclic) bond motifs is 1. The number of halogens is 1. The predicted octanol–water partition coefficient (Wildman–Crippen LogP) is 3.09. The molecule has 1 saturated carbocycles. The lowest BCUT2D eigenvalue weighted by Crippen LogP contribution is -1.78. The Balaban J connectivity index is 2.29. The van der Waals surface area contributed by atoms with Crippen LogP contribution in [0, 0.1) is 0 Å². The second-order valence-corrected chi connectivity index (χ2v) is 4.01. The Labute approximate surface area is 80.9 Å². The zero-order valence-electron chi connectivity index (χ0n) is 7.05. The van der Waals surface area contributed by atoms with Crippen molar-refractivity contribution >= 4 is 22.5 Å². The normalized spacial score (nSPS) is 16.7. The van der Waals surface area contributed by atoms with Crippen molar-refractivity contribution in [2.24, 2.45) is 0 Å². The van der Waals surface area contributed by atoms with Gasteiger partial charge < -0.3 is 0 Å². The van der Waals surface area contributed by atoms with Gasteiger partial charge in [0.2, 0.25) is 0 Å². The van der Waals surface area contributed by atoms with Crippen molar-refractivity contribution in [1.82, 2.24) is 10.2 Å². The van der Waals surface area contributed by atoms with Gasteiger partial charge in [-0.25, -0.2) is 0 Å². The number of nitrogens with one attached hydrogen (secondary N) is 1. The maximum absolute atomic E-state index is 5.93. The summed E-state index contributed by atoms with van der Waals surface area (Å²) in [6.07, 6.45) is 2.54. The summed E-state index contributed by atoms with van der Waals surface area (Å²) in [7, 11) is 0. The summed E-state index contributed by atoms with van der Waals surface area (Å²) in [4.78, 5) is 0. The molecule has 0 amide bonds. The molecule has 1 aliphatic rings. The molecule has 3 rings (SSSR count). The van der Waals surface area contributed by atoms with E-state index in [9.17, 15) is 0 Å². The highest BCUT2D eigenvalue weighted by Crippen LogP contribution is 2.42. The van der Waals surface area contributed by atoms with Crippen LogP contribution in [0.2, 0.25) is 5.02 Å². The van der Waals surface area contributed by atoms with E-state index in [-0.39, 0.29) is 0 Å². The second-order valence-electron chi connectivity index (χ2n) is 3.57. The predicted molar refractivity (Wildman–Crippen MR) is 53.1 cm³/mol. The van der Waals surface area contributed by atoms with Crippen molar-refractivity contribution < 1.29 is 0 Å². The second kappa shape index (κ2) is 2.48. The first-order valence-corrected chi connectivity index (χ1v) is 4.86. The fourth-order valence-corrected chi connectivity index (χ4v) is 1.85. The molecule has 0 unspecified atom stereocenters. The number of rotatable bonds is 1. The maximum atomic E-state index is 5.93. The molecule has 0 spiro atoms. The summed E-state index contributed by atoms with van der Waals surface area (Å²) in [6.45, 7) is 0. The first-order chi connectivity index (χ1) is 6.34. The van der Waals surface area contributed by atoms with E-state index in [0.717, 1.165) is 10.5 Å². The molecule has 1 heterocycles. The summed E-state index contributed by atoms with van der Waals surface area (Å²) < 4.78 is 0. The number of aromatic nitrogens is 2. The number of benzene rings is 1. The fraction of sp³-hybridized carbons (Fsp3) is 0.300. The Kier molecular flexibility index (Phi) is 1.41. The van der Waals surface area contributed by atoms with Crippen LogP contribution in [-0.2, 0) is 0 Å². The van der Waals surface area contributed by atoms with Crippen LogP contribution < -0.4 is 0 Å². The molecule has 1 aromatic carbocycles. The molecular formula is C10H9ClN2. The highest BCUT2D eigenvalue weighted by molar-refractivity contribution is 6.31. The van der Waals surface area contributed by atoms with Crippen LogP contribution in [0.5, 0.6) is 0 Å². The number of aromatic amines is 1. The SMILES string of the molecule is Clc1ccc2[nH]nc(C3CC3)c2c1. The number of hydrogen-bond donors (Lipinski definition) is 1. The van der Waals surface area contributed by atoms with Gasteiger partial charge in [-0.05, 0) is 31.0 Å². The Hall–Kier alpha value is -1.02. The smallest absolute Gasteiger partial charge is 0.0732 e. The van der Waals surface area contributed by atoms with Crippen molar-refractivity contribution in [1.29, 1.82) is 0 Å². The molecule has 0 saturated heterocycles. The lowest BCUT2D eigenvalue weighted by Gasteiger charge is -1.93. The molecule has 2 nitrogen and oxygen atoms in total. The van der Waals surface area contributed by atoms with Crippen molar-refractivity contribution in [3.63, 3.8) is 0 Å². The Morgan fingerprint density at radius 1 is 1.38 bits per heavy atom. The van der Waals surface area contributed by atoms with E-state index >= 15 is 0 Å². The number of H-pyrrole nitrogens is 1. The zero-order chi connectivity index (χ0) is 8.84. The largest absolute Gasteiger partial charge is 0.278 e. The summed E-state index contributed by atoms with van der Waals surface area (Å²) >= 11 is 5.93. The van der Waals surface area contributed by atoms with Gasteiger partial charge in [-0.15, -0.1) is 0 Å². The average Bonchev–Trinajstić information content (AvgIpc) is 2.87. The summed E-state index contributed by atoms with van der Waals surface area (Å²) in [5.41, 5.74) is 2.28. The molecule has 0 atom stereocenters. The Bertz CT molecular complexity index is 457. The van der Waals surface area contributed by atoms with Gasteiger partial charge >= 0.3 is 0 Å². The average molecular weight is 193 g/mol. The van der Waals surface area contributed by atoms with E-state index < -0.39 is 0 Å². The Morgan fingerprint density at radius 2 is 2.23 bits per heavy atom. The molecular weight excluding hydrogens is 184 g/mol. The first kappa shape index (κ1) is 7.39. The molecule has 1 aliphatic carbocycles. The Morgan fingerprint density at radius 3 is 3.00 bits per heavy atom. The molecule has 1 aromatic heterocycles. The lowest BCUT2D eigenvalue weighted by molar-refractivity contribution is 0.978. The van der Waals surface area contributed by atoms with E-state index in [1.165, 1.54) is 23.9 Å². The van der Waals surface area contributed by atoms with Gasteiger partial charge in [0.05, 0.1) is 11.2 Å². The van der Waals surface area contributed by atoms with Gasteiger partial charge in [0.25, 0.3) is 0 Å². The minimum atomic E-state index is 0.673. The van der Waals surface area contributed by atoms with Crippen LogP contribution in [-0.4, -0.2) is 10.2 Å². The maximum Gasteiger partial charge on any atom is 0.0732 e. The van der Waals surface area contributed by atoms with Crippen LogP contribution in [0.25, 0.3) is 10.9 Å². The van der Waals surface area contributed by atoms with Crippen LogP contribution >= 0.6 is 11.6 Å². The van der Waals surface area contributed by atoms with Gasteiger partial charge in [0.15, 0.2) is 0 Å². The van der Waals surface area contributed by atoms with Crippen molar-refractivity contribution in [3.05, 3.63) is 28.9 Å². The third-order valence-corrected chi connectivity index (χ3v) is 2.75. The molecule has 1 fully saturated rings. The summed E-state index contributed by atoms with van der Waals surface area (Å²) in [5, 5.41) is 9.32. The highest BCUT2D eigenvalue weighted by atomic mass is 35.5. The van der Waals surface area contributed by atoms with Gasteiger partial charge in [-0.1, -0.05) is 11.6 Å². The van der Waals surface area contributed by atoms with Crippen molar-refractivity contribution in [3.8, 4) is 0 Å². The third kappa shape index (κ3) is 1.13. The fourth-order valence-electron chi connectivity index (χ4n) is 1.67. The standard InChI is InChI=1S/C10H9ClN2/c11-7-3-4-9-8(5-7)10(13-12-9)6-1-2-6/h3-6H,1-2H2,(H,12,13). The van der Waals surface area contributed by atoms with Crippen molar-refractivity contribution in [2.75, 3.05) is 0 Å². The molecule has 2 aromatic rings. The molecule has 0 bridgehead atoms. The van der Waals surface area contributed by atoms with E-state index in [1.54, 1.807) is 0 Å². The molecule has 0 radical (unpaired) electrons. The first-order valence-electron chi connectivity index (χ1n) is 4.48. The topological polar surface area (TPSA) is 28.7 Å². The zero-order valence-corrected chi connectivity index (χ0v) is 7.80. The van der Waals surface area contributed by atoms with Crippen LogP contribution in [0.15, 0.2) is 18.2 Å². The molecule has 13 heavy (non-hydrogen) atoms. The lowest BCUT2D eigenvalue weighted by atomic mass is 10.1. The van der Waals surface area contributed by atoms with Gasteiger partial charge in [-0.3, -0.25) is 5.10 Å². The number of nitrogens with zero attached hydrogens (tertiary/aromatic N) is 1. The van der Waals surface area contributed by atoms with E-state index in [1.807, 2.05) is 18.2 Å². The molecule has 0 aliphatic heterocycles. The van der Waals surface area contributed by atoms with Crippen LogP contribution in [0.1, 0.15) is 24.5 Å². The van der Waals surface area contributed by atoms with Crippen LogP contribution in [0.4, 0.5) is 0 Å². The highest BCUT2D eigenvalue weighted by Gasteiger charge is 2.27. The van der Waals surface area contributed by atoms with E-state index in [4.69, 9.17) is 11.6 Å². The van der Waals surface area contributed by atoms with E-state index in [2.05, 4.69) is 10.2 Å². The van der Waals surface area contributed by atoms with Crippen LogP contribution in [0.3, 0.4) is 0 Å². The molecule has 66 valence electrons. The van der Waals surface area contributed by atoms with Gasteiger partial charge in [0.1, 0.15) is 0 Å². The van der Waals surface area contributed by atoms with Gasteiger partial charge in [0, 0.05) is 16.3 Å². The monoisotopic (exact) mass is 192 g/mol. The molecule has 1 N–H and O–H groups in total. The minimum absolute atomic E-state index is 0.673. The quantitative estimate of drug-likeness (QED) is 0.739. The third-order valence-electron chi connectivity index (χ3n) is 2.52. The summed E-state index contributed by atoms with van der Waals surface area (Å²) in [5.74, 6) is 0.673. The van der Waals surface area contributed by atoms with E-state index in [0.29, 0.717) is 5.92 Å². The molecule has 3 heteroatoms.